The first-order chi connectivity index (χ1) is 6.59. The molecule has 76 valence electrons. The number of hydrogen-bond acceptors (Lipinski definition) is 3. The van der Waals surface area contributed by atoms with Crippen molar-refractivity contribution < 1.29 is 4.79 Å². The van der Waals surface area contributed by atoms with E-state index in [1.165, 1.54) is 0 Å². The van der Waals surface area contributed by atoms with Gasteiger partial charge in [0.1, 0.15) is 0 Å². The summed E-state index contributed by atoms with van der Waals surface area (Å²) in [5.41, 5.74) is 6.75. The highest BCUT2D eigenvalue weighted by Crippen LogP contribution is 2.25. The third-order valence-corrected chi connectivity index (χ3v) is 2.73. The second-order valence-corrected chi connectivity index (χ2v) is 3.77. The summed E-state index contributed by atoms with van der Waals surface area (Å²) in [4.78, 5) is 11.3. The van der Waals surface area contributed by atoms with E-state index in [2.05, 4.69) is 10.4 Å². The first-order valence-corrected chi connectivity index (χ1v) is 4.65. The summed E-state index contributed by atoms with van der Waals surface area (Å²) < 4.78 is 1.71. The Morgan fingerprint density at radius 2 is 2.36 bits per heavy atom. The van der Waals surface area contributed by atoms with Gasteiger partial charge in [-0.25, -0.2) is 0 Å². The predicted molar refractivity (Wildman–Crippen MR) is 51.2 cm³/mol. The molecule has 1 aromatic rings. The molecule has 1 aliphatic rings. The van der Waals surface area contributed by atoms with Gasteiger partial charge in [0.15, 0.2) is 0 Å². The second kappa shape index (κ2) is 3.09. The number of aromatic nitrogens is 2. The van der Waals surface area contributed by atoms with Crippen LogP contribution in [-0.2, 0) is 11.8 Å². The van der Waals surface area contributed by atoms with Crippen LogP contribution in [0.1, 0.15) is 18.7 Å². The summed E-state index contributed by atoms with van der Waals surface area (Å²) in [5, 5.41) is 7.08. The molecule has 1 aromatic heterocycles. The van der Waals surface area contributed by atoms with Crippen LogP contribution in [0.5, 0.6) is 0 Å². The highest BCUT2D eigenvalue weighted by Gasteiger charge is 2.38. The number of aryl methyl sites for hydroxylation is 1. The summed E-state index contributed by atoms with van der Waals surface area (Å²) in [5.74, 6) is -0.129. The Bertz CT molecular complexity index is 359. The molecule has 5 heteroatoms. The fourth-order valence-corrected chi connectivity index (χ4v) is 1.71. The van der Waals surface area contributed by atoms with Crippen molar-refractivity contribution in [1.29, 1.82) is 0 Å². The molecule has 14 heavy (non-hydrogen) atoms. The van der Waals surface area contributed by atoms with Crippen LogP contribution >= 0.6 is 0 Å². The maximum atomic E-state index is 11.3. The number of carbonyl (C=O) groups excluding carboxylic acids is 1. The molecule has 1 aliphatic heterocycles. The minimum atomic E-state index is -0.183. The minimum Gasteiger partial charge on any atom is -0.346 e. The Kier molecular flexibility index (Phi) is 2.03. The summed E-state index contributed by atoms with van der Waals surface area (Å²) in [7, 11) is 1.84. The van der Waals surface area contributed by atoms with Crippen molar-refractivity contribution in [3.63, 3.8) is 0 Å². The molecular formula is C9H14N4O. The Balaban J connectivity index is 2.25. The van der Waals surface area contributed by atoms with Gasteiger partial charge in [-0.1, -0.05) is 6.92 Å². The molecule has 0 spiro atoms. The monoisotopic (exact) mass is 194 g/mol. The van der Waals surface area contributed by atoms with Gasteiger partial charge in [-0.15, -0.1) is 0 Å². The van der Waals surface area contributed by atoms with E-state index in [9.17, 15) is 4.79 Å². The lowest BCUT2D eigenvalue weighted by Gasteiger charge is -2.13. The fourth-order valence-electron chi connectivity index (χ4n) is 1.71. The van der Waals surface area contributed by atoms with E-state index in [4.69, 9.17) is 5.73 Å². The molecule has 1 fully saturated rings. The van der Waals surface area contributed by atoms with E-state index in [1.807, 2.05) is 26.2 Å². The SMILES string of the molecule is CC1C(=O)NC(c2ccn(C)n2)[C@H]1N. The maximum Gasteiger partial charge on any atom is 0.225 e. The molecule has 0 radical (unpaired) electrons. The van der Waals surface area contributed by atoms with Gasteiger partial charge in [-0.05, 0) is 6.07 Å². The molecule has 2 heterocycles. The second-order valence-electron chi connectivity index (χ2n) is 3.77. The molecule has 2 rings (SSSR count). The number of rotatable bonds is 1. The van der Waals surface area contributed by atoms with Gasteiger partial charge in [0, 0.05) is 19.3 Å². The van der Waals surface area contributed by atoms with Crippen LogP contribution in [0.15, 0.2) is 12.3 Å². The Hall–Kier alpha value is -1.36. The Morgan fingerprint density at radius 3 is 2.79 bits per heavy atom. The summed E-state index contributed by atoms with van der Waals surface area (Å²) in [6, 6.07) is 1.55. The highest BCUT2D eigenvalue weighted by atomic mass is 16.2. The highest BCUT2D eigenvalue weighted by molar-refractivity contribution is 5.82. The van der Waals surface area contributed by atoms with Gasteiger partial charge in [0.25, 0.3) is 0 Å². The Labute approximate surface area is 82.3 Å². The van der Waals surface area contributed by atoms with E-state index in [0.717, 1.165) is 5.69 Å². The van der Waals surface area contributed by atoms with Crippen molar-refractivity contribution in [2.24, 2.45) is 18.7 Å². The number of amides is 1. The van der Waals surface area contributed by atoms with Crippen molar-refractivity contribution in [3.8, 4) is 0 Å². The van der Waals surface area contributed by atoms with Gasteiger partial charge in [0.2, 0.25) is 5.91 Å². The first kappa shape index (κ1) is 9.21. The molecule has 3 atom stereocenters. The predicted octanol–water partition coefficient (Wildman–Crippen LogP) is -0.446. The number of hydrogen-bond donors (Lipinski definition) is 2. The van der Waals surface area contributed by atoms with Crippen molar-refractivity contribution in [1.82, 2.24) is 15.1 Å². The molecule has 0 saturated carbocycles. The van der Waals surface area contributed by atoms with E-state index in [-0.39, 0.29) is 23.9 Å². The van der Waals surface area contributed by atoms with E-state index >= 15 is 0 Å². The molecule has 2 unspecified atom stereocenters. The molecular weight excluding hydrogens is 180 g/mol. The van der Waals surface area contributed by atoms with Gasteiger partial charge in [-0.3, -0.25) is 9.48 Å². The van der Waals surface area contributed by atoms with Crippen molar-refractivity contribution in [3.05, 3.63) is 18.0 Å². The molecule has 0 aliphatic carbocycles. The van der Waals surface area contributed by atoms with Gasteiger partial charge in [0.05, 0.1) is 17.7 Å². The zero-order valence-electron chi connectivity index (χ0n) is 8.27. The third-order valence-electron chi connectivity index (χ3n) is 2.73. The molecule has 1 saturated heterocycles. The third kappa shape index (κ3) is 1.29. The quantitative estimate of drug-likeness (QED) is 0.636. The molecule has 0 aromatic carbocycles. The summed E-state index contributed by atoms with van der Waals surface area (Å²) >= 11 is 0. The molecule has 5 nitrogen and oxygen atoms in total. The minimum absolute atomic E-state index is 0.00755. The summed E-state index contributed by atoms with van der Waals surface area (Å²) in [6.45, 7) is 1.84. The van der Waals surface area contributed by atoms with Crippen molar-refractivity contribution in [2.45, 2.75) is 19.0 Å². The largest absolute Gasteiger partial charge is 0.346 e. The number of nitrogens with two attached hydrogens (primary N) is 1. The van der Waals surface area contributed by atoms with E-state index in [1.54, 1.807) is 4.68 Å². The van der Waals surface area contributed by atoms with Gasteiger partial charge >= 0.3 is 0 Å². The number of carbonyl (C=O) groups is 1. The van der Waals surface area contributed by atoms with Crippen LogP contribution in [0, 0.1) is 5.92 Å². The zero-order chi connectivity index (χ0) is 10.3. The normalized spacial score (nSPS) is 31.9. The van der Waals surface area contributed by atoms with E-state index < -0.39 is 0 Å². The van der Waals surface area contributed by atoms with Crippen molar-refractivity contribution >= 4 is 5.91 Å². The lowest BCUT2D eigenvalue weighted by Crippen LogP contribution is -2.31. The zero-order valence-corrected chi connectivity index (χ0v) is 8.27. The lowest BCUT2D eigenvalue weighted by atomic mass is 9.99. The van der Waals surface area contributed by atoms with Crippen LogP contribution in [0.3, 0.4) is 0 Å². The van der Waals surface area contributed by atoms with E-state index in [0.29, 0.717) is 0 Å². The maximum absolute atomic E-state index is 11.3. The molecule has 1 amide bonds. The van der Waals surface area contributed by atoms with Crippen molar-refractivity contribution in [2.75, 3.05) is 0 Å². The first-order valence-electron chi connectivity index (χ1n) is 4.65. The smallest absolute Gasteiger partial charge is 0.225 e. The van der Waals surface area contributed by atoms with Gasteiger partial charge < -0.3 is 11.1 Å². The number of nitrogens with one attached hydrogen (secondary N) is 1. The molecule has 0 bridgehead atoms. The summed E-state index contributed by atoms with van der Waals surface area (Å²) in [6.07, 6.45) is 1.84. The van der Waals surface area contributed by atoms with Crippen LogP contribution < -0.4 is 11.1 Å². The molecule has 3 N–H and O–H groups in total. The average Bonchev–Trinajstić information content (AvgIpc) is 2.66. The standard InChI is InChI=1S/C9H14N4O/c1-5-7(10)8(11-9(5)14)6-3-4-13(2)12-6/h3-5,7-8H,10H2,1-2H3,(H,11,14)/t5?,7-,8?/m0/s1. The number of nitrogens with zero attached hydrogens (tertiary/aromatic N) is 2. The van der Waals surface area contributed by atoms with Crippen LogP contribution in [0.2, 0.25) is 0 Å². The topological polar surface area (TPSA) is 72.9 Å². The van der Waals surface area contributed by atoms with Crippen LogP contribution in [0.4, 0.5) is 0 Å². The fraction of sp³-hybridized carbons (Fsp3) is 0.556. The van der Waals surface area contributed by atoms with Crippen LogP contribution in [0.25, 0.3) is 0 Å². The lowest BCUT2D eigenvalue weighted by molar-refractivity contribution is -0.122. The Morgan fingerprint density at radius 1 is 1.64 bits per heavy atom. The average molecular weight is 194 g/mol. The van der Waals surface area contributed by atoms with Crippen LogP contribution in [-0.4, -0.2) is 21.7 Å². The van der Waals surface area contributed by atoms with Gasteiger partial charge in [-0.2, -0.15) is 5.10 Å².